The summed E-state index contributed by atoms with van der Waals surface area (Å²) in [6, 6.07) is 6.07. The molecule has 17 heavy (non-hydrogen) atoms. The number of benzene rings is 1. The van der Waals surface area contributed by atoms with Gasteiger partial charge in [-0.2, -0.15) is 0 Å². The number of halogens is 1. The van der Waals surface area contributed by atoms with E-state index in [4.69, 9.17) is 16.5 Å². The van der Waals surface area contributed by atoms with Crippen molar-refractivity contribution in [1.29, 1.82) is 0 Å². The predicted octanol–water partition coefficient (Wildman–Crippen LogP) is 3.42. The van der Waals surface area contributed by atoms with E-state index in [-0.39, 0.29) is 6.04 Å². The van der Waals surface area contributed by atoms with Crippen LogP contribution < -0.4 is 10.1 Å². The third-order valence-electron chi connectivity index (χ3n) is 3.23. The monoisotopic (exact) mass is 248 g/mol. The van der Waals surface area contributed by atoms with Crippen molar-refractivity contribution in [2.75, 3.05) is 12.4 Å². The summed E-state index contributed by atoms with van der Waals surface area (Å²) in [7, 11) is 1.67. The lowest BCUT2D eigenvalue weighted by atomic mass is 10.0. The summed E-state index contributed by atoms with van der Waals surface area (Å²) < 4.78 is 6.95. The third-order valence-corrected chi connectivity index (χ3v) is 3.54. The standard InChI is InChI=1S/C13H13ClN2O/c1-8-5-6-16(14)13-10-7-9(17-2)3-4-11(10)15-12(8)13/h3-7,13,15H,1-2H3. The maximum absolute atomic E-state index is 6.24. The van der Waals surface area contributed by atoms with Gasteiger partial charge in [-0.15, -0.1) is 0 Å². The molecule has 0 amide bonds. The second kappa shape index (κ2) is 3.70. The van der Waals surface area contributed by atoms with Crippen LogP contribution in [0.4, 0.5) is 5.69 Å². The molecule has 0 aromatic heterocycles. The molecule has 2 aliphatic rings. The molecular weight excluding hydrogens is 236 g/mol. The van der Waals surface area contributed by atoms with E-state index in [9.17, 15) is 0 Å². The Labute approximate surface area is 105 Å². The Balaban J connectivity index is 2.13. The smallest absolute Gasteiger partial charge is 0.119 e. The molecule has 0 radical (unpaired) electrons. The Hall–Kier alpha value is -1.61. The fraction of sp³-hybridized carbons (Fsp3) is 0.231. The van der Waals surface area contributed by atoms with Crippen molar-refractivity contribution >= 4 is 17.5 Å². The number of anilines is 1. The second-order valence-electron chi connectivity index (χ2n) is 4.24. The SMILES string of the molecule is COc1ccc2c(c1)C1C(=C(C)C=CN1Cl)N2. The first-order valence-corrected chi connectivity index (χ1v) is 5.82. The molecule has 0 spiro atoms. The Morgan fingerprint density at radius 3 is 3.00 bits per heavy atom. The molecular formula is C13H13ClN2O. The number of hydrogen-bond acceptors (Lipinski definition) is 3. The number of methoxy groups -OCH3 is 1. The average Bonchev–Trinajstić information content (AvgIpc) is 2.73. The van der Waals surface area contributed by atoms with Crippen LogP contribution in [0.2, 0.25) is 0 Å². The molecule has 0 fully saturated rings. The Kier molecular flexibility index (Phi) is 2.30. The molecule has 88 valence electrons. The van der Waals surface area contributed by atoms with Gasteiger partial charge in [0.05, 0.1) is 7.11 Å². The second-order valence-corrected chi connectivity index (χ2v) is 4.63. The summed E-state index contributed by atoms with van der Waals surface area (Å²) in [6.07, 6.45) is 3.90. The van der Waals surface area contributed by atoms with Gasteiger partial charge in [0.15, 0.2) is 0 Å². The summed E-state index contributed by atoms with van der Waals surface area (Å²) in [5.74, 6) is 0.851. The zero-order valence-corrected chi connectivity index (χ0v) is 10.5. The first-order valence-electron chi connectivity index (χ1n) is 5.49. The van der Waals surface area contributed by atoms with Crippen molar-refractivity contribution in [3.8, 4) is 5.75 Å². The quantitative estimate of drug-likeness (QED) is 0.771. The largest absolute Gasteiger partial charge is 0.497 e. The van der Waals surface area contributed by atoms with Crippen molar-refractivity contribution in [2.45, 2.75) is 13.0 Å². The molecule has 0 bridgehead atoms. The topological polar surface area (TPSA) is 24.5 Å². The lowest BCUT2D eigenvalue weighted by Gasteiger charge is -2.25. The Bertz CT molecular complexity index is 536. The molecule has 4 heteroatoms. The first kappa shape index (κ1) is 10.5. The fourth-order valence-corrected chi connectivity index (χ4v) is 2.57. The van der Waals surface area contributed by atoms with Crippen molar-refractivity contribution in [3.63, 3.8) is 0 Å². The van der Waals surface area contributed by atoms with Crippen LogP contribution in [0.15, 0.2) is 41.7 Å². The highest BCUT2D eigenvalue weighted by molar-refractivity contribution is 6.14. The first-order chi connectivity index (χ1) is 8.20. The summed E-state index contributed by atoms with van der Waals surface area (Å²) in [5.41, 5.74) is 4.60. The van der Waals surface area contributed by atoms with E-state index in [0.29, 0.717) is 0 Å². The molecule has 3 rings (SSSR count). The van der Waals surface area contributed by atoms with Gasteiger partial charge in [-0.05, 0) is 36.8 Å². The van der Waals surface area contributed by atoms with Crippen molar-refractivity contribution in [3.05, 3.63) is 47.3 Å². The van der Waals surface area contributed by atoms with Gasteiger partial charge in [0.2, 0.25) is 0 Å². The van der Waals surface area contributed by atoms with Crippen LogP contribution in [0, 0.1) is 0 Å². The summed E-state index contributed by atoms with van der Waals surface area (Å²) in [6.45, 7) is 2.08. The molecule has 0 aliphatic carbocycles. The highest BCUT2D eigenvalue weighted by Crippen LogP contribution is 2.46. The molecule has 1 unspecified atom stereocenters. The number of fused-ring (bicyclic) bond motifs is 3. The Morgan fingerprint density at radius 1 is 1.41 bits per heavy atom. The van der Waals surface area contributed by atoms with Crippen LogP contribution in [0.3, 0.4) is 0 Å². The van der Waals surface area contributed by atoms with Crippen LogP contribution in [-0.2, 0) is 0 Å². The third kappa shape index (κ3) is 1.50. The lowest BCUT2D eigenvalue weighted by molar-refractivity contribution is 0.413. The van der Waals surface area contributed by atoms with E-state index in [0.717, 1.165) is 22.7 Å². The van der Waals surface area contributed by atoms with Gasteiger partial charge in [-0.3, -0.25) is 4.42 Å². The van der Waals surface area contributed by atoms with Gasteiger partial charge >= 0.3 is 0 Å². The van der Waals surface area contributed by atoms with Gasteiger partial charge in [-0.1, -0.05) is 0 Å². The number of hydrogen-bond donors (Lipinski definition) is 1. The minimum atomic E-state index is 0.0618. The minimum Gasteiger partial charge on any atom is -0.497 e. The maximum Gasteiger partial charge on any atom is 0.119 e. The maximum atomic E-state index is 6.24. The lowest BCUT2D eigenvalue weighted by Crippen LogP contribution is -2.18. The summed E-state index contributed by atoms with van der Waals surface area (Å²) in [4.78, 5) is 0. The summed E-state index contributed by atoms with van der Waals surface area (Å²) in [5, 5.41) is 3.41. The van der Waals surface area contributed by atoms with Crippen LogP contribution in [-0.4, -0.2) is 11.5 Å². The molecule has 3 nitrogen and oxygen atoms in total. The average molecular weight is 249 g/mol. The zero-order chi connectivity index (χ0) is 12.0. The minimum absolute atomic E-state index is 0.0618. The molecule has 1 aromatic carbocycles. The molecule has 0 saturated carbocycles. The highest BCUT2D eigenvalue weighted by Gasteiger charge is 2.33. The zero-order valence-electron chi connectivity index (χ0n) is 9.70. The van der Waals surface area contributed by atoms with E-state index < -0.39 is 0 Å². The van der Waals surface area contributed by atoms with E-state index in [1.54, 1.807) is 11.5 Å². The van der Waals surface area contributed by atoms with Gasteiger partial charge in [-0.25, -0.2) is 0 Å². The molecule has 2 heterocycles. The van der Waals surface area contributed by atoms with Crippen LogP contribution in [0.5, 0.6) is 5.75 Å². The normalized spacial score (nSPS) is 21.1. The number of ether oxygens (including phenoxy) is 1. The fourth-order valence-electron chi connectivity index (χ4n) is 2.31. The van der Waals surface area contributed by atoms with E-state index >= 15 is 0 Å². The van der Waals surface area contributed by atoms with Gasteiger partial charge < -0.3 is 10.1 Å². The molecule has 0 saturated heterocycles. The van der Waals surface area contributed by atoms with Crippen LogP contribution in [0.25, 0.3) is 0 Å². The van der Waals surface area contributed by atoms with Crippen molar-refractivity contribution in [2.24, 2.45) is 0 Å². The van der Waals surface area contributed by atoms with Gasteiger partial charge in [0.1, 0.15) is 11.8 Å². The molecule has 2 aliphatic heterocycles. The van der Waals surface area contributed by atoms with Crippen LogP contribution >= 0.6 is 11.8 Å². The van der Waals surface area contributed by atoms with E-state index in [1.807, 2.05) is 30.5 Å². The van der Waals surface area contributed by atoms with Gasteiger partial charge in [0.25, 0.3) is 0 Å². The predicted molar refractivity (Wildman–Crippen MR) is 68.9 cm³/mol. The number of nitrogens with one attached hydrogen (secondary N) is 1. The Morgan fingerprint density at radius 2 is 2.24 bits per heavy atom. The molecule has 1 N–H and O–H groups in total. The molecule has 1 atom stereocenters. The van der Waals surface area contributed by atoms with Gasteiger partial charge in [0, 0.05) is 34.9 Å². The van der Waals surface area contributed by atoms with Crippen LogP contribution in [0.1, 0.15) is 18.5 Å². The number of nitrogens with zero attached hydrogens (tertiary/aromatic N) is 1. The highest BCUT2D eigenvalue weighted by atomic mass is 35.5. The van der Waals surface area contributed by atoms with Crippen molar-refractivity contribution in [1.82, 2.24) is 4.42 Å². The molecule has 1 aromatic rings. The number of allylic oxidation sites excluding steroid dienone is 2. The van der Waals surface area contributed by atoms with Crippen molar-refractivity contribution < 1.29 is 4.74 Å². The number of rotatable bonds is 1. The van der Waals surface area contributed by atoms with E-state index in [2.05, 4.69) is 12.2 Å². The van der Waals surface area contributed by atoms with E-state index in [1.165, 1.54) is 5.57 Å². The summed E-state index contributed by atoms with van der Waals surface area (Å²) >= 11 is 6.24.